The zero-order valence-corrected chi connectivity index (χ0v) is 13.6. The molecule has 0 fully saturated rings. The van der Waals surface area contributed by atoms with Crippen molar-refractivity contribution in [3.63, 3.8) is 0 Å². The Hall–Kier alpha value is -0.460. The Balaban J connectivity index is 2.31. The van der Waals surface area contributed by atoms with Crippen molar-refractivity contribution in [3.8, 4) is 0 Å². The lowest BCUT2D eigenvalue weighted by atomic mass is 10.2. The van der Waals surface area contributed by atoms with Crippen molar-refractivity contribution in [2.75, 3.05) is 13.1 Å². The number of aromatic nitrogens is 1. The van der Waals surface area contributed by atoms with Gasteiger partial charge in [-0.2, -0.15) is 0 Å². The molecule has 100 valence electrons. The lowest BCUT2D eigenvalue weighted by Crippen LogP contribution is -2.35. The number of hydrogen-bond donors (Lipinski definition) is 2. The summed E-state index contributed by atoms with van der Waals surface area (Å²) in [6, 6.07) is 1.93. The quantitative estimate of drug-likeness (QED) is 0.799. The van der Waals surface area contributed by atoms with Crippen LogP contribution in [0.2, 0.25) is 0 Å². The molecular weight excluding hydrogens is 362 g/mol. The molecule has 2 N–H and O–H groups in total. The molecule has 0 spiro atoms. The van der Waals surface area contributed by atoms with Crippen LogP contribution in [0, 0.1) is 5.92 Å². The van der Waals surface area contributed by atoms with Gasteiger partial charge in [-0.25, -0.2) is 0 Å². The molecular formula is C12H17Br2N3O. The molecule has 0 aromatic carbocycles. The number of rotatable bonds is 6. The van der Waals surface area contributed by atoms with Gasteiger partial charge < -0.3 is 10.6 Å². The van der Waals surface area contributed by atoms with E-state index in [4.69, 9.17) is 0 Å². The van der Waals surface area contributed by atoms with Crippen molar-refractivity contribution in [1.82, 2.24) is 15.6 Å². The van der Waals surface area contributed by atoms with E-state index in [2.05, 4.69) is 61.3 Å². The lowest BCUT2D eigenvalue weighted by molar-refractivity contribution is -0.120. The fraction of sp³-hybridized carbons (Fsp3) is 0.500. The fourth-order valence-electron chi connectivity index (χ4n) is 1.25. The lowest BCUT2D eigenvalue weighted by Gasteiger charge is -2.09. The van der Waals surface area contributed by atoms with E-state index in [-0.39, 0.29) is 5.91 Å². The van der Waals surface area contributed by atoms with E-state index in [0.717, 1.165) is 14.6 Å². The van der Waals surface area contributed by atoms with Gasteiger partial charge in [-0.05, 0) is 43.8 Å². The van der Waals surface area contributed by atoms with Crippen LogP contribution in [0.1, 0.15) is 19.5 Å². The van der Waals surface area contributed by atoms with Gasteiger partial charge in [-0.3, -0.25) is 9.78 Å². The van der Waals surface area contributed by atoms with Crippen molar-refractivity contribution < 1.29 is 4.79 Å². The summed E-state index contributed by atoms with van der Waals surface area (Å²) in [6.07, 6.45) is 1.74. The summed E-state index contributed by atoms with van der Waals surface area (Å²) in [5.41, 5.74) is 0.884. The summed E-state index contributed by atoms with van der Waals surface area (Å²) < 4.78 is 1.85. The van der Waals surface area contributed by atoms with Crippen molar-refractivity contribution >= 4 is 37.8 Å². The molecule has 0 saturated carbocycles. The van der Waals surface area contributed by atoms with Gasteiger partial charge in [0.25, 0.3) is 0 Å². The monoisotopic (exact) mass is 377 g/mol. The van der Waals surface area contributed by atoms with Gasteiger partial charge in [0, 0.05) is 28.2 Å². The van der Waals surface area contributed by atoms with E-state index < -0.39 is 0 Å². The van der Waals surface area contributed by atoms with Crippen molar-refractivity contribution in [1.29, 1.82) is 0 Å². The number of hydrogen-bond acceptors (Lipinski definition) is 3. The molecule has 18 heavy (non-hydrogen) atoms. The number of pyridine rings is 1. The summed E-state index contributed by atoms with van der Waals surface area (Å²) in [6.45, 7) is 5.70. The van der Waals surface area contributed by atoms with Crippen LogP contribution in [-0.4, -0.2) is 24.0 Å². The molecule has 6 heteroatoms. The molecule has 1 aromatic rings. The fourth-order valence-corrected chi connectivity index (χ4v) is 2.38. The summed E-state index contributed by atoms with van der Waals surface area (Å²) in [4.78, 5) is 15.7. The zero-order chi connectivity index (χ0) is 13.5. The summed E-state index contributed by atoms with van der Waals surface area (Å²) in [5.74, 6) is 0.480. The van der Waals surface area contributed by atoms with Crippen LogP contribution in [0.3, 0.4) is 0 Å². The molecule has 0 radical (unpaired) electrons. The average Bonchev–Trinajstić information content (AvgIpc) is 2.29. The van der Waals surface area contributed by atoms with E-state index in [1.54, 1.807) is 6.20 Å². The first kappa shape index (κ1) is 15.6. The third-order valence-electron chi connectivity index (χ3n) is 2.17. The molecule has 0 aliphatic rings. The highest BCUT2D eigenvalue weighted by Crippen LogP contribution is 2.19. The second-order valence-electron chi connectivity index (χ2n) is 4.38. The number of halogens is 2. The molecule has 4 nitrogen and oxygen atoms in total. The Kier molecular flexibility index (Phi) is 6.81. The van der Waals surface area contributed by atoms with Crippen LogP contribution in [-0.2, 0) is 11.3 Å². The van der Waals surface area contributed by atoms with Crippen molar-refractivity contribution in [3.05, 3.63) is 26.9 Å². The molecule has 0 aliphatic carbocycles. The third kappa shape index (κ3) is 5.93. The van der Waals surface area contributed by atoms with Crippen molar-refractivity contribution in [2.45, 2.75) is 20.4 Å². The predicted molar refractivity (Wildman–Crippen MR) is 79.2 cm³/mol. The van der Waals surface area contributed by atoms with E-state index in [1.807, 2.05) is 6.07 Å². The van der Waals surface area contributed by atoms with E-state index in [9.17, 15) is 4.79 Å². The highest BCUT2D eigenvalue weighted by atomic mass is 79.9. The Morgan fingerprint density at radius 3 is 2.78 bits per heavy atom. The number of nitrogens with one attached hydrogen (secondary N) is 2. The topological polar surface area (TPSA) is 54.0 Å². The maximum atomic E-state index is 11.5. The summed E-state index contributed by atoms with van der Waals surface area (Å²) in [7, 11) is 0. The Bertz CT molecular complexity index is 410. The van der Waals surface area contributed by atoms with Gasteiger partial charge in [0.05, 0.1) is 12.2 Å². The van der Waals surface area contributed by atoms with Gasteiger partial charge in [-0.15, -0.1) is 0 Å². The summed E-state index contributed by atoms with van der Waals surface area (Å²) in [5, 5.41) is 5.92. The first-order chi connectivity index (χ1) is 8.49. The second-order valence-corrected chi connectivity index (χ2v) is 6.15. The minimum absolute atomic E-state index is 0.0111. The average molecular weight is 379 g/mol. The number of nitrogens with zero attached hydrogens (tertiary/aromatic N) is 1. The van der Waals surface area contributed by atoms with Gasteiger partial charge in [0.2, 0.25) is 5.91 Å². The highest BCUT2D eigenvalue weighted by molar-refractivity contribution is 9.11. The maximum Gasteiger partial charge on any atom is 0.233 e. The normalized spacial score (nSPS) is 10.7. The Morgan fingerprint density at radius 1 is 1.44 bits per heavy atom. The molecule has 1 aromatic heterocycles. The SMILES string of the molecule is CC(C)CNC(=O)CNCc1ncc(Br)cc1Br. The molecule has 0 saturated heterocycles. The van der Waals surface area contributed by atoms with E-state index in [1.165, 1.54) is 0 Å². The summed E-state index contributed by atoms with van der Waals surface area (Å²) >= 11 is 6.78. The zero-order valence-electron chi connectivity index (χ0n) is 10.5. The molecule has 0 aliphatic heterocycles. The van der Waals surface area contributed by atoms with Crippen LogP contribution in [0.15, 0.2) is 21.2 Å². The van der Waals surface area contributed by atoms with Gasteiger partial charge in [-0.1, -0.05) is 13.8 Å². The third-order valence-corrected chi connectivity index (χ3v) is 3.29. The molecule has 1 heterocycles. The Labute approximate surface area is 124 Å². The molecule has 1 rings (SSSR count). The van der Waals surface area contributed by atoms with Gasteiger partial charge in [0.15, 0.2) is 0 Å². The molecule has 0 unspecified atom stereocenters. The highest BCUT2D eigenvalue weighted by Gasteiger charge is 2.04. The van der Waals surface area contributed by atoms with Gasteiger partial charge in [0.1, 0.15) is 0 Å². The minimum Gasteiger partial charge on any atom is -0.355 e. The number of carbonyl (C=O) groups excluding carboxylic acids is 1. The van der Waals surface area contributed by atoms with Crippen LogP contribution < -0.4 is 10.6 Å². The first-order valence-electron chi connectivity index (χ1n) is 5.76. The smallest absolute Gasteiger partial charge is 0.233 e. The maximum absolute atomic E-state index is 11.5. The number of amides is 1. The molecule has 0 bridgehead atoms. The minimum atomic E-state index is 0.0111. The van der Waals surface area contributed by atoms with Crippen LogP contribution in [0.25, 0.3) is 0 Å². The van der Waals surface area contributed by atoms with E-state index >= 15 is 0 Å². The first-order valence-corrected chi connectivity index (χ1v) is 7.35. The van der Waals surface area contributed by atoms with Crippen LogP contribution >= 0.6 is 31.9 Å². The molecule has 0 atom stereocenters. The predicted octanol–water partition coefficient (Wildman–Crippen LogP) is 2.47. The second kappa shape index (κ2) is 7.86. The van der Waals surface area contributed by atoms with Gasteiger partial charge >= 0.3 is 0 Å². The van der Waals surface area contributed by atoms with Crippen molar-refractivity contribution in [2.24, 2.45) is 5.92 Å². The number of carbonyl (C=O) groups is 1. The molecule has 1 amide bonds. The van der Waals surface area contributed by atoms with Crippen LogP contribution in [0.5, 0.6) is 0 Å². The standard InChI is InChI=1S/C12H17Br2N3O/c1-8(2)4-17-12(18)7-15-6-11-10(14)3-9(13)5-16-11/h3,5,8,15H,4,6-7H2,1-2H3,(H,17,18). The van der Waals surface area contributed by atoms with Crippen LogP contribution in [0.4, 0.5) is 0 Å². The Morgan fingerprint density at radius 2 is 2.17 bits per heavy atom. The van der Waals surface area contributed by atoms with E-state index in [0.29, 0.717) is 25.6 Å². The largest absolute Gasteiger partial charge is 0.355 e.